The van der Waals surface area contributed by atoms with Crippen molar-refractivity contribution >= 4 is 33.7 Å². The van der Waals surface area contributed by atoms with E-state index in [-0.39, 0.29) is 11.7 Å². The number of amides is 1. The highest BCUT2D eigenvalue weighted by Crippen LogP contribution is 2.33. The monoisotopic (exact) mass is 546 g/mol. The van der Waals surface area contributed by atoms with Crippen LogP contribution in [0.4, 0.5) is 10.1 Å². The normalized spacial score (nSPS) is 14.1. The Balaban J connectivity index is 1.19. The number of fused-ring (bicyclic) bond motifs is 2. The van der Waals surface area contributed by atoms with Gasteiger partial charge in [-0.15, -0.1) is 0 Å². The molecule has 1 aliphatic rings. The summed E-state index contributed by atoms with van der Waals surface area (Å²) in [4.78, 5) is 29.5. The summed E-state index contributed by atoms with van der Waals surface area (Å²) in [5.74, 6) is 0.668. The molecule has 0 atom stereocenters. The molecule has 4 N–H and O–H groups in total. The second-order valence-corrected chi connectivity index (χ2v) is 10.4. The minimum Gasteiger partial charge on any atom is -0.335 e. The van der Waals surface area contributed by atoms with Crippen LogP contribution in [0.25, 0.3) is 55.8 Å². The summed E-state index contributed by atoms with van der Waals surface area (Å²) in [6.07, 6.45) is 7.67. The Labute approximate surface area is 234 Å². The van der Waals surface area contributed by atoms with Gasteiger partial charge in [-0.2, -0.15) is 5.10 Å². The van der Waals surface area contributed by atoms with Crippen LogP contribution >= 0.6 is 0 Å². The van der Waals surface area contributed by atoms with Gasteiger partial charge in [0.2, 0.25) is 5.91 Å². The van der Waals surface area contributed by atoms with Crippen molar-refractivity contribution in [2.24, 2.45) is 5.92 Å². The summed E-state index contributed by atoms with van der Waals surface area (Å²) in [5.41, 5.74) is 6.73. The van der Waals surface area contributed by atoms with Crippen LogP contribution in [0, 0.1) is 11.7 Å². The minimum absolute atomic E-state index is 0.0135. The number of aromatic amines is 2. The molecule has 1 saturated heterocycles. The highest BCUT2D eigenvalue weighted by molar-refractivity contribution is 5.98. The first-order valence-corrected chi connectivity index (χ1v) is 13.7. The van der Waals surface area contributed by atoms with Gasteiger partial charge >= 0.3 is 0 Å². The number of nitrogens with zero attached hydrogens (tertiary/aromatic N) is 4. The van der Waals surface area contributed by atoms with Gasteiger partial charge in [0, 0.05) is 35.3 Å². The molecule has 204 valence electrons. The van der Waals surface area contributed by atoms with Crippen LogP contribution in [0.5, 0.6) is 0 Å². The van der Waals surface area contributed by atoms with E-state index >= 15 is 0 Å². The molecule has 0 bridgehead atoms. The first-order valence-electron chi connectivity index (χ1n) is 13.7. The molecule has 1 fully saturated rings. The summed E-state index contributed by atoms with van der Waals surface area (Å²) in [6.45, 7) is 1.93. The van der Waals surface area contributed by atoms with E-state index in [1.165, 1.54) is 12.1 Å². The van der Waals surface area contributed by atoms with Crippen molar-refractivity contribution in [3.05, 3.63) is 79.0 Å². The Morgan fingerprint density at radius 3 is 2.78 bits per heavy atom. The molecule has 0 saturated carbocycles. The number of benzene rings is 2. The average molecular weight is 547 g/mol. The molecule has 1 aliphatic heterocycles. The Hall–Kier alpha value is -4.96. The zero-order valence-corrected chi connectivity index (χ0v) is 22.1. The predicted molar refractivity (Wildman–Crippen MR) is 156 cm³/mol. The van der Waals surface area contributed by atoms with Gasteiger partial charge < -0.3 is 15.6 Å². The Morgan fingerprint density at radius 2 is 1.90 bits per heavy atom. The van der Waals surface area contributed by atoms with E-state index in [1.807, 2.05) is 36.4 Å². The molecule has 7 rings (SSSR count). The maximum atomic E-state index is 13.9. The quantitative estimate of drug-likeness (QED) is 0.213. The van der Waals surface area contributed by atoms with E-state index in [4.69, 9.17) is 4.98 Å². The minimum atomic E-state index is -0.307. The van der Waals surface area contributed by atoms with Crippen molar-refractivity contribution < 1.29 is 9.18 Å². The van der Waals surface area contributed by atoms with Crippen LogP contribution < -0.4 is 10.6 Å². The number of H-pyrrole nitrogens is 2. The van der Waals surface area contributed by atoms with Crippen molar-refractivity contribution in [3.63, 3.8) is 0 Å². The zero-order chi connectivity index (χ0) is 27.8. The number of anilines is 1. The number of hydrogen-bond donors (Lipinski definition) is 4. The molecule has 9 nitrogen and oxygen atoms in total. The van der Waals surface area contributed by atoms with E-state index in [2.05, 4.69) is 35.8 Å². The summed E-state index contributed by atoms with van der Waals surface area (Å²) in [7, 11) is 0. The average Bonchev–Trinajstić information content (AvgIpc) is 3.61. The first-order chi connectivity index (χ1) is 20.1. The molecule has 5 heterocycles. The summed E-state index contributed by atoms with van der Waals surface area (Å²) >= 11 is 0. The lowest BCUT2D eigenvalue weighted by molar-refractivity contribution is -0.117. The van der Waals surface area contributed by atoms with Crippen molar-refractivity contribution in [3.8, 4) is 33.8 Å². The van der Waals surface area contributed by atoms with Gasteiger partial charge in [-0.25, -0.2) is 14.4 Å². The Morgan fingerprint density at radius 1 is 1.00 bits per heavy atom. The molecule has 6 aromatic rings. The second kappa shape index (κ2) is 10.5. The van der Waals surface area contributed by atoms with Gasteiger partial charge in [-0.05, 0) is 79.4 Å². The highest BCUT2D eigenvalue weighted by atomic mass is 19.1. The lowest BCUT2D eigenvalue weighted by Crippen LogP contribution is -2.30. The van der Waals surface area contributed by atoms with Gasteiger partial charge in [0.05, 0.1) is 22.9 Å². The van der Waals surface area contributed by atoms with E-state index in [0.717, 1.165) is 59.1 Å². The lowest BCUT2D eigenvalue weighted by atomic mass is 9.94. The van der Waals surface area contributed by atoms with Crippen LogP contribution in [0.3, 0.4) is 0 Å². The van der Waals surface area contributed by atoms with Gasteiger partial charge in [0.1, 0.15) is 11.5 Å². The fraction of sp³-hybridized carbons (Fsp3) is 0.194. The summed E-state index contributed by atoms with van der Waals surface area (Å²) in [6, 6.07) is 16.2. The first kappa shape index (κ1) is 25.0. The molecule has 10 heteroatoms. The van der Waals surface area contributed by atoms with Crippen molar-refractivity contribution in [1.29, 1.82) is 0 Å². The molecular formula is C31H27FN8O. The third-order valence-electron chi connectivity index (χ3n) is 7.60. The number of rotatable bonds is 6. The summed E-state index contributed by atoms with van der Waals surface area (Å²) in [5, 5.41) is 14.8. The van der Waals surface area contributed by atoms with E-state index in [1.54, 1.807) is 24.7 Å². The number of imidazole rings is 1. The molecule has 0 radical (unpaired) electrons. The molecule has 2 aromatic carbocycles. The van der Waals surface area contributed by atoms with Crippen LogP contribution in [-0.4, -0.2) is 49.1 Å². The topological polar surface area (TPSA) is 124 Å². The number of piperidine rings is 1. The largest absolute Gasteiger partial charge is 0.335 e. The molecule has 0 aliphatic carbocycles. The van der Waals surface area contributed by atoms with Crippen LogP contribution in [0.1, 0.15) is 19.3 Å². The van der Waals surface area contributed by atoms with E-state index in [9.17, 15) is 9.18 Å². The smallest absolute Gasteiger partial charge is 0.224 e. The molecule has 1 amide bonds. The predicted octanol–water partition coefficient (Wildman–Crippen LogP) is 5.70. The van der Waals surface area contributed by atoms with Gasteiger partial charge in [-0.3, -0.25) is 14.9 Å². The third-order valence-corrected chi connectivity index (χ3v) is 7.60. The number of hydrogen-bond acceptors (Lipinski definition) is 6. The van der Waals surface area contributed by atoms with E-state index in [0.29, 0.717) is 40.7 Å². The Bertz CT molecular complexity index is 1890. The molecule has 0 spiro atoms. The maximum Gasteiger partial charge on any atom is 0.224 e. The molecule has 0 unspecified atom stereocenters. The number of pyridine rings is 2. The lowest BCUT2D eigenvalue weighted by Gasteiger charge is -2.21. The van der Waals surface area contributed by atoms with Crippen LogP contribution in [0.2, 0.25) is 0 Å². The van der Waals surface area contributed by atoms with Crippen molar-refractivity contribution in [2.45, 2.75) is 19.3 Å². The SMILES string of the molecule is O=C(CC1CCNCC1)Nc1cncc(-c2ccc3[nH]nc(-c4nc5nccc(-c6cccc(F)c6)c5[nH]4)c3c2)c1. The summed E-state index contributed by atoms with van der Waals surface area (Å²) < 4.78 is 13.9. The van der Waals surface area contributed by atoms with Crippen LogP contribution in [-0.2, 0) is 4.79 Å². The van der Waals surface area contributed by atoms with Gasteiger partial charge in [0.15, 0.2) is 11.5 Å². The number of carbonyl (C=O) groups excluding carboxylic acids is 1. The molecule has 41 heavy (non-hydrogen) atoms. The zero-order valence-electron chi connectivity index (χ0n) is 22.1. The van der Waals surface area contributed by atoms with E-state index < -0.39 is 0 Å². The van der Waals surface area contributed by atoms with Gasteiger partial charge in [-0.1, -0.05) is 18.2 Å². The van der Waals surface area contributed by atoms with Crippen LogP contribution in [0.15, 0.2) is 73.2 Å². The Kier molecular flexibility index (Phi) is 6.44. The van der Waals surface area contributed by atoms with Crippen molar-refractivity contribution in [2.75, 3.05) is 18.4 Å². The number of nitrogens with one attached hydrogen (secondary N) is 4. The standard InChI is InChI=1S/C31H27FN8O/c32-22-3-1-2-20(13-22)24-8-11-35-30-28(24)37-31(38-30)29-25-15-19(4-5-26(25)39-40-29)21-14-23(17-34-16-21)36-27(41)12-18-6-9-33-10-7-18/h1-5,8,11,13-18,33H,6-7,9-10,12H2,(H,36,41)(H,39,40)(H,35,37,38). The third kappa shape index (κ3) is 5.05. The van der Waals surface area contributed by atoms with Crippen molar-refractivity contribution in [1.82, 2.24) is 35.5 Å². The highest BCUT2D eigenvalue weighted by Gasteiger charge is 2.18. The second-order valence-electron chi connectivity index (χ2n) is 10.4. The fourth-order valence-corrected chi connectivity index (χ4v) is 5.52. The van der Waals surface area contributed by atoms with Gasteiger partial charge in [0.25, 0.3) is 0 Å². The maximum absolute atomic E-state index is 13.9. The number of halogens is 1. The number of carbonyl (C=O) groups is 1. The fourth-order valence-electron chi connectivity index (χ4n) is 5.52. The molecular weight excluding hydrogens is 519 g/mol. The molecule has 4 aromatic heterocycles. The number of aromatic nitrogens is 6.